The Labute approximate surface area is 73.1 Å². The molecule has 12 heavy (non-hydrogen) atoms. The first kappa shape index (κ1) is 7.87. The maximum atomic E-state index is 5.01. The Morgan fingerprint density at radius 3 is 3.08 bits per heavy atom. The number of hydrogen-bond donors (Lipinski definition) is 0. The second kappa shape index (κ2) is 3.31. The summed E-state index contributed by atoms with van der Waals surface area (Å²) in [5.41, 5.74) is 1.51. The fourth-order valence-electron chi connectivity index (χ4n) is 1.45. The molecule has 2 heteroatoms. The summed E-state index contributed by atoms with van der Waals surface area (Å²) in [4.78, 5) is 0. The summed E-state index contributed by atoms with van der Waals surface area (Å²) in [7, 11) is 1.74. The predicted octanol–water partition coefficient (Wildman–Crippen LogP) is 2.01. The molecule has 0 unspecified atom stereocenters. The second-order valence-corrected chi connectivity index (χ2v) is 3.45. The molecule has 2 rings (SSSR count). The number of aromatic nitrogens is 1. The Morgan fingerprint density at radius 2 is 2.42 bits per heavy atom. The lowest BCUT2D eigenvalue weighted by molar-refractivity contribution is 0.187. The lowest BCUT2D eigenvalue weighted by Crippen LogP contribution is -2.00. The molecule has 2 nitrogen and oxygen atoms in total. The van der Waals surface area contributed by atoms with Crippen LogP contribution in [-0.2, 0) is 11.3 Å². The highest BCUT2D eigenvalue weighted by molar-refractivity contribution is 5.20. The molecule has 0 aromatic carbocycles. The van der Waals surface area contributed by atoms with Crippen molar-refractivity contribution in [1.82, 2.24) is 4.57 Å². The van der Waals surface area contributed by atoms with E-state index in [9.17, 15) is 0 Å². The Morgan fingerprint density at radius 1 is 1.58 bits per heavy atom. The Kier molecular flexibility index (Phi) is 2.17. The molecule has 0 amide bonds. The molecule has 0 aliphatic heterocycles. The molecule has 1 fully saturated rings. The minimum absolute atomic E-state index is 0.804. The molecule has 1 heterocycles. The summed E-state index contributed by atoms with van der Waals surface area (Å²) in [5.74, 6) is 0.869. The van der Waals surface area contributed by atoms with Gasteiger partial charge in [0.25, 0.3) is 0 Å². The number of nitrogens with zero attached hydrogens (tertiary/aromatic N) is 1. The molecule has 1 aliphatic rings. The lowest BCUT2D eigenvalue weighted by Gasteiger charge is -1.99. The molecular weight excluding hydrogens is 150 g/mol. The van der Waals surface area contributed by atoms with Crippen LogP contribution in [0.15, 0.2) is 18.5 Å². The maximum Gasteiger partial charge on any atom is 0.0641 e. The highest BCUT2D eigenvalue weighted by Crippen LogP contribution is 2.39. The van der Waals surface area contributed by atoms with Crippen molar-refractivity contribution in [3.05, 3.63) is 24.0 Å². The largest absolute Gasteiger partial charge is 0.383 e. The van der Waals surface area contributed by atoms with Gasteiger partial charge in [-0.05, 0) is 30.4 Å². The van der Waals surface area contributed by atoms with Crippen molar-refractivity contribution < 1.29 is 4.74 Å². The lowest BCUT2D eigenvalue weighted by atomic mass is 10.2. The van der Waals surface area contributed by atoms with Gasteiger partial charge in [0.05, 0.1) is 6.61 Å². The molecule has 0 radical (unpaired) electrons. The summed E-state index contributed by atoms with van der Waals surface area (Å²) in [6, 6.07) is 2.23. The van der Waals surface area contributed by atoms with Crippen LogP contribution in [-0.4, -0.2) is 18.3 Å². The average molecular weight is 165 g/mol. The molecule has 1 saturated carbocycles. The first-order valence-electron chi connectivity index (χ1n) is 4.55. The van der Waals surface area contributed by atoms with Gasteiger partial charge in [-0.3, -0.25) is 0 Å². The van der Waals surface area contributed by atoms with Crippen molar-refractivity contribution in [1.29, 1.82) is 0 Å². The molecule has 1 aliphatic carbocycles. The third kappa shape index (κ3) is 1.69. The normalized spacial score (nSPS) is 16.8. The summed E-state index contributed by atoms with van der Waals surface area (Å²) >= 11 is 0. The fourth-order valence-corrected chi connectivity index (χ4v) is 1.45. The van der Waals surface area contributed by atoms with E-state index < -0.39 is 0 Å². The van der Waals surface area contributed by atoms with Gasteiger partial charge < -0.3 is 9.30 Å². The summed E-state index contributed by atoms with van der Waals surface area (Å²) in [6.45, 7) is 1.78. The van der Waals surface area contributed by atoms with E-state index in [0.29, 0.717) is 0 Å². The predicted molar refractivity (Wildman–Crippen MR) is 48.3 cm³/mol. The quantitative estimate of drug-likeness (QED) is 0.665. The summed E-state index contributed by atoms with van der Waals surface area (Å²) in [6.07, 6.45) is 7.16. The first-order valence-corrected chi connectivity index (χ1v) is 4.55. The highest BCUT2D eigenvalue weighted by atomic mass is 16.5. The standard InChI is InChI=1S/C10H15NO/c1-12-7-6-11-5-4-10(8-11)9-2-3-9/h4-5,8-9H,2-3,6-7H2,1H3. The van der Waals surface area contributed by atoms with E-state index in [1.165, 1.54) is 18.4 Å². The van der Waals surface area contributed by atoms with Crippen LogP contribution in [0.5, 0.6) is 0 Å². The van der Waals surface area contributed by atoms with E-state index in [-0.39, 0.29) is 0 Å². The molecule has 1 aromatic rings. The Hall–Kier alpha value is -0.760. The molecule has 0 atom stereocenters. The van der Waals surface area contributed by atoms with Crippen LogP contribution in [0.2, 0.25) is 0 Å². The highest BCUT2D eigenvalue weighted by Gasteiger charge is 2.23. The van der Waals surface area contributed by atoms with Crippen molar-refractivity contribution in [2.45, 2.75) is 25.3 Å². The Balaban J connectivity index is 1.93. The minimum Gasteiger partial charge on any atom is -0.383 e. The molecule has 1 aromatic heterocycles. The van der Waals surface area contributed by atoms with Gasteiger partial charge in [-0.15, -0.1) is 0 Å². The van der Waals surface area contributed by atoms with Gasteiger partial charge in [0.1, 0.15) is 0 Å². The van der Waals surface area contributed by atoms with Crippen LogP contribution in [0.1, 0.15) is 24.3 Å². The topological polar surface area (TPSA) is 14.2 Å². The third-order valence-corrected chi connectivity index (χ3v) is 2.38. The van der Waals surface area contributed by atoms with Crippen LogP contribution in [0, 0.1) is 0 Å². The van der Waals surface area contributed by atoms with E-state index >= 15 is 0 Å². The third-order valence-electron chi connectivity index (χ3n) is 2.38. The van der Waals surface area contributed by atoms with Gasteiger partial charge in [0.15, 0.2) is 0 Å². The van der Waals surface area contributed by atoms with Crippen molar-refractivity contribution in [3.63, 3.8) is 0 Å². The van der Waals surface area contributed by atoms with E-state index in [4.69, 9.17) is 4.74 Å². The number of hydrogen-bond acceptors (Lipinski definition) is 1. The van der Waals surface area contributed by atoms with Gasteiger partial charge in [-0.25, -0.2) is 0 Å². The number of rotatable bonds is 4. The zero-order valence-electron chi connectivity index (χ0n) is 7.49. The van der Waals surface area contributed by atoms with Crippen molar-refractivity contribution in [2.75, 3.05) is 13.7 Å². The van der Waals surface area contributed by atoms with Crippen molar-refractivity contribution >= 4 is 0 Å². The van der Waals surface area contributed by atoms with E-state index in [2.05, 4.69) is 23.0 Å². The van der Waals surface area contributed by atoms with Crippen molar-refractivity contribution in [3.8, 4) is 0 Å². The van der Waals surface area contributed by atoms with E-state index in [1.54, 1.807) is 7.11 Å². The monoisotopic (exact) mass is 165 g/mol. The molecule has 0 N–H and O–H groups in total. The van der Waals surface area contributed by atoms with Gasteiger partial charge in [0, 0.05) is 26.0 Å². The van der Waals surface area contributed by atoms with Crippen LogP contribution in [0.25, 0.3) is 0 Å². The Bertz CT molecular complexity index is 250. The van der Waals surface area contributed by atoms with Crippen LogP contribution >= 0.6 is 0 Å². The van der Waals surface area contributed by atoms with E-state index in [0.717, 1.165) is 19.1 Å². The van der Waals surface area contributed by atoms with Crippen molar-refractivity contribution in [2.24, 2.45) is 0 Å². The first-order chi connectivity index (χ1) is 5.90. The van der Waals surface area contributed by atoms with Gasteiger partial charge in [-0.2, -0.15) is 0 Å². The number of methoxy groups -OCH3 is 1. The number of ether oxygens (including phenoxy) is 1. The molecule has 0 bridgehead atoms. The summed E-state index contributed by atoms with van der Waals surface area (Å²) < 4.78 is 7.22. The van der Waals surface area contributed by atoms with Crippen LogP contribution in [0.3, 0.4) is 0 Å². The van der Waals surface area contributed by atoms with Gasteiger partial charge in [-0.1, -0.05) is 0 Å². The average Bonchev–Trinajstić information content (AvgIpc) is 2.83. The van der Waals surface area contributed by atoms with Crippen LogP contribution < -0.4 is 0 Å². The second-order valence-electron chi connectivity index (χ2n) is 3.45. The fraction of sp³-hybridized carbons (Fsp3) is 0.600. The smallest absolute Gasteiger partial charge is 0.0641 e. The maximum absolute atomic E-state index is 5.01. The molecular formula is C10H15NO. The van der Waals surface area contributed by atoms with E-state index in [1.807, 2.05) is 0 Å². The zero-order valence-corrected chi connectivity index (χ0v) is 7.49. The molecule has 66 valence electrons. The molecule has 0 saturated heterocycles. The minimum atomic E-state index is 0.804. The van der Waals surface area contributed by atoms with Gasteiger partial charge in [0.2, 0.25) is 0 Å². The van der Waals surface area contributed by atoms with Crippen LogP contribution in [0.4, 0.5) is 0 Å². The SMILES string of the molecule is COCCn1ccc(C2CC2)c1. The van der Waals surface area contributed by atoms with Gasteiger partial charge >= 0.3 is 0 Å². The molecule has 0 spiro atoms. The zero-order chi connectivity index (χ0) is 8.39. The summed E-state index contributed by atoms with van der Waals surface area (Å²) in [5, 5.41) is 0.